The van der Waals surface area contributed by atoms with Crippen LogP contribution in [0.2, 0.25) is 0 Å². The molecule has 0 aromatic heterocycles. The van der Waals surface area contributed by atoms with Gasteiger partial charge in [-0.25, -0.2) is 0 Å². The topological polar surface area (TPSA) is 62.2 Å². The summed E-state index contributed by atoms with van der Waals surface area (Å²) in [6.45, 7) is 1.65. The number of aliphatic hydroxyl groups excluding tert-OH is 1. The number of aliphatic hydroxyl groups is 2. The van der Waals surface area contributed by atoms with Crippen molar-refractivity contribution < 1.29 is 19.7 Å². The van der Waals surface area contributed by atoms with Gasteiger partial charge in [-0.1, -0.05) is 0 Å². The SMILES string of the molecule is COc1cc2c(cc1OC)C(C1(O)CCC(O)CC1)CN(C)C2. The van der Waals surface area contributed by atoms with Gasteiger partial charge in [-0.15, -0.1) is 0 Å². The van der Waals surface area contributed by atoms with E-state index in [4.69, 9.17) is 9.47 Å². The summed E-state index contributed by atoms with van der Waals surface area (Å²) in [5.74, 6) is 1.47. The molecule has 128 valence electrons. The molecule has 3 rings (SSSR count). The molecule has 1 fully saturated rings. The van der Waals surface area contributed by atoms with Crippen molar-refractivity contribution >= 4 is 0 Å². The van der Waals surface area contributed by atoms with Gasteiger partial charge in [-0.2, -0.15) is 0 Å². The van der Waals surface area contributed by atoms with Crippen molar-refractivity contribution in [2.45, 2.75) is 49.9 Å². The zero-order chi connectivity index (χ0) is 16.6. The lowest BCUT2D eigenvalue weighted by Crippen LogP contribution is -2.47. The number of likely N-dealkylation sites (N-methyl/N-ethyl adjacent to an activating group) is 1. The first-order chi connectivity index (χ1) is 11.0. The van der Waals surface area contributed by atoms with E-state index >= 15 is 0 Å². The summed E-state index contributed by atoms with van der Waals surface area (Å²) in [5.41, 5.74) is 1.57. The summed E-state index contributed by atoms with van der Waals surface area (Å²) in [6, 6.07) is 4.05. The third-order valence-corrected chi connectivity index (χ3v) is 5.42. The van der Waals surface area contributed by atoms with Crippen LogP contribution in [-0.4, -0.2) is 54.6 Å². The molecule has 5 nitrogen and oxygen atoms in total. The summed E-state index contributed by atoms with van der Waals surface area (Å²) in [5, 5.41) is 21.0. The Balaban J connectivity index is 2.00. The van der Waals surface area contributed by atoms with Crippen LogP contribution >= 0.6 is 0 Å². The third-order valence-electron chi connectivity index (χ3n) is 5.42. The molecule has 0 saturated heterocycles. The molecule has 1 saturated carbocycles. The Morgan fingerprint density at radius 3 is 2.35 bits per heavy atom. The predicted octanol–water partition coefficient (Wildman–Crippen LogP) is 1.90. The van der Waals surface area contributed by atoms with E-state index in [1.807, 2.05) is 12.1 Å². The monoisotopic (exact) mass is 321 g/mol. The average Bonchev–Trinajstić information content (AvgIpc) is 2.55. The Hall–Kier alpha value is -1.30. The molecular weight excluding hydrogens is 294 g/mol. The number of nitrogens with zero attached hydrogens (tertiary/aromatic N) is 1. The van der Waals surface area contributed by atoms with E-state index < -0.39 is 5.60 Å². The lowest BCUT2D eigenvalue weighted by Gasteiger charge is -2.45. The molecule has 1 aromatic carbocycles. The minimum Gasteiger partial charge on any atom is -0.493 e. The minimum atomic E-state index is -0.762. The first kappa shape index (κ1) is 16.6. The maximum Gasteiger partial charge on any atom is 0.161 e. The largest absolute Gasteiger partial charge is 0.493 e. The normalized spacial score (nSPS) is 31.5. The minimum absolute atomic E-state index is 0.0311. The van der Waals surface area contributed by atoms with Gasteiger partial charge >= 0.3 is 0 Å². The van der Waals surface area contributed by atoms with E-state index in [9.17, 15) is 10.2 Å². The van der Waals surface area contributed by atoms with Gasteiger partial charge in [-0.3, -0.25) is 0 Å². The standard InChI is InChI=1S/C18H27NO4/c1-19-10-12-8-16(22-2)17(23-3)9-14(12)15(11-19)18(21)6-4-13(20)5-7-18/h8-9,13,15,20-21H,4-7,10-11H2,1-3H3. The summed E-state index contributed by atoms with van der Waals surface area (Å²) >= 11 is 0. The second kappa shape index (κ2) is 6.30. The van der Waals surface area contributed by atoms with Crippen molar-refractivity contribution in [2.24, 2.45) is 0 Å². The molecule has 23 heavy (non-hydrogen) atoms. The molecule has 1 atom stereocenters. The van der Waals surface area contributed by atoms with Gasteiger partial charge in [-0.05, 0) is 56.0 Å². The van der Waals surface area contributed by atoms with Crippen LogP contribution in [0.1, 0.15) is 42.7 Å². The van der Waals surface area contributed by atoms with Crippen LogP contribution < -0.4 is 9.47 Å². The van der Waals surface area contributed by atoms with Gasteiger partial charge in [0.2, 0.25) is 0 Å². The lowest BCUT2D eigenvalue weighted by molar-refractivity contribution is -0.0597. The molecule has 2 aliphatic rings. The first-order valence-corrected chi connectivity index (χ1v) is 8.30. The molecule has 2 N–H and O–H groups in total. The predicted molar refractivity (Wildman–Crippen MR) is 88.0 cm³/mol. The molecule has 1 aromatic rings. The molecule has 0 amide bonds. The van der Waals surface area contributed by atoms with Crippen LogP contribution in [0.4, 0.5) is 0 Å². The van der Waals surface area contributed by atoms with E-state index in [0.29, 0.717) is 31.4 Å². The van der Waals surface area contributed by atoms with Crippen molar-refractivity contribution in [1.82, 2.24) is 4.90 Å². The van der Waals surface area contributed by atoms with E-state index in [1.165, 1.54) is 5.56 Å². The van der Waals surface area contributed by atoms with E-state index in [0.717, 1.165) is 24.4 Å². The Labute approximate surface area is 137 Å². The van der Waals surface area contributed by atoms with Crippen LogP contribution in [0.15, 0.2) is 12.1 Å². The molecule has 0 spiro atoms. The fraction of sp³-hybridized carbons (Fsp3) is 0.667. The zero-order valence-corrected chi connectivity index (χ0v) is 14.2. The number of hydrogen-bond acceptors (Lipinski definition) is 5. The number of hydrogen-bond donors (Lipinski definition) is 2. The van der Waals surface area contributed by atoms with Crippen LogP contribution in [0.5, 0.6) is 11.5 Å². The second-order valence-electron chi connectivity index (χ2n) is 6.99. The Bertz CT molecular complexity index is 566. The van der Waals surface area contributed by atoms with Crippen LogP contribution in [0.25, 0.3) is 0 Å². The second-order valence-corrected chi connectivity index (χ2v) is 6.99. The summed E-state index contributed by atoms with van der Waals surface area (Å²) in [4.78, 5) is 2.24. The van der Waals surface area contributed by atoms with Crippen LogP contribution in [-0.2, 0) is 6.54 Å². The highest BCUT2D eigenvalue weighted by Crippen LogP contribution is 2.46. The van der Waals surface area contributed by atoms with Crippen LogP contribution in [0.3, 0.4) is 0 Å². The molecular formula is C18H27NO4. The molecule has 0 radical (unpaired) electrons. The van der Waals surface area contributed by atoms with Gasteiger partial charge in [0.15, 0.2) is 11.5 Å². The summed E-state index contributed by atoms with van der Waals surface area (Å²) in [7, 11) is 5.36. The number of ether oxygens (including phenoxy) is 2. The third kappa shape index (κ3) is 3.05. The van der Waals surface area contributed by atoms with Gasteiger partial charge in [0, 0.05) is 19.0 Å². The van der Waals surface area contributed by atoms with E-state index in [1.54, 1.807) is 14.2 Å². The molecule has 1 aliphatic heterocycles. The fourth-order valence-electron chi connectivity index (χ4n) is 4.07. The van der Waals surface area contributed by atoms with Crippen molar-refractivity contribution in [3.05, 3.63) is 23.3 Å². The van der Waals surface area contributed by atoms with Crippen molar-refractivity contribution in [1.29, 1.82) is 0 Å². The maximum atomic E-state index is 11.3. The van der Waals surface area contributed by atoms with Gasteiger partial charge < -0.3 is 24.6 Å². The molecule has 0 bridgehead atoms. The number of benzene rings is 1. The molecule has 1 aliphatic carbocycles. The molecule has 1 heterocycles. The molecule has 5 heteroatoms. The van der Waals surface area contributed by atoms with Crippen molar-refractivity contribution in [3.63, 3.8) is 0 Å². The fourth-order valence-corrected chi connectivity index (χ4v) is 4.07. The molecule has 1 unspecified atom stereocenters. The number of rotatable bonds is 3. The Morgan fingerprint density at radius 2 is 1.74 bits per heavy atom. The lowest BCUT2D eigenvalue weighted by atomic mass is 9.70. The summed E-state index contributed by atoms with van der Waals surface area (Å²) < 4.78 is 10.9. The van der Waals surface area contributed by atoms with E-state index in [-0.39, 0.29) is 12.0 Å². The zero-order valence-electron chi connectivity index (χ0n) is 14.2. The van der Waals surface area contributed by atoms with E-state index in [2.05, 4.69) is 11.9 Å². The Kier molecular flexibility index (Phi) is 4.54. The average molecular weight is 321 g/mol. The quantitative estimate of drug-likeness (QED) is 0.890. The highest BCUT2D eigenvalue weighted by Gasteiger charge is 2.43. The number of fused-ring (bicyclic) bond motifs is 1. The van der Waals surface area contributed by atoms with Crippen molar-refractivity contribution in [2.75, 3.05) is 27.8 Å². The highest BCUT2D eigenvalue weighted by molar-refractivity contribution is 5.50. The maximum absolute atomic E-state index is 11.3. The van der Waals surface area contributed by atoms with Gasteiger partial charge in [0.25, 0.3) is 0 Å². The van der Waals surface area contributed by atoms with Gasteiger partial charge in [0.05, 0.1) is 25.9 Å². The first-order valence-electron chi connectivity index (χ1n) is 8.30. The van der Waals surface area contributed by atoms with Gasteiger partial charge in [0.1, 0.15) is 0 Å². The number of methoxy groups -OCH3 is 2. The van der Waals surface area contributed by atoms with Crippen molar-refractivity contribution in [3.8, 4) is 11.5 Å². The highest BCUT2D eigenvalue weighted by atomic mass is 16.5. The van der Waals surface area contributed by atoms with Crippen LogP contribution in [0, 0.1) is 0 Å². The summed E-state index contributed by atoms with van der Waals surface area (Å²) in [6.07, 6.45) is 2.33. The smallest absolute Gasteiger partial charge is 0.161 e. The Morgan fingerprint density at radius 1 is 1.13 bits per heavy atom.